The number of nitrogens with zero attached hydrogens (tertiary/aromatic N) is 1. The summed E-state index contributed by atoms with van der Waals surface area (Å²) < 4.78 is 0. The Kier molecular flexibility index (Phi) is 6.35. The molecule has 2 unspecified atom stereocenters. The molecule has 2 rings (SSSR count). The molecule has 1 N–H and O–H groups in total. The van der Waals surface area contributed by atoms with Crippen molar-refractivity contribution in [1.82, 2.24) is 10.2 Å². The van der Waals surface area contributed by atoms with Crippen molar-refractivity contribution in [3.8, 4) is 0 Å². The van der Waals surface area contributed by atoms with E-state index in [1.54, 1.807) is 0 Å². The highest BCUT2D eigenvalue weighted by atomic mass is 15.3. The van der Waals surface area contributed by atoms with Crippen LogP contribution in [0.5, 0.6) is 0 Å². The second kappa shape index (κ2) is 7.79. The van der Waals surface area contributed by atoms with E-state index in [9.17, 15) is 0 Å². The molecule has 2 heteroatoms. The molecule has 2 atom stereocenters. The van der Waals surface area contributed by atoms with Crippen molar-refractivity contribution in [2.24, 2.45) is 5.92 Å². The largest absolute Gasteiger partial charge is 0.309 e. The van der Waals surface area contributed by atoms with E-state index in [-0.39, 0.29) is 0 Å². The summed E-state index contributed by atoms with van der Waals surface area (Å²) in [5.74, 6) is 1.00. The summed E-state index contributed by atoms with van der Waals surface area (Å²) >= 11 is 0. The summed E-state index contributed by atoms with van der Waals surface area (Å²) in [5, 5.41) is 3.82. The lowest BCUT2D eigenvalue weighted by Crippen LogP contribution is -2.63. The minimum absolute atomic E-state index is 0.355. The van der Waals surface area contributed by atoms with Gasteiger partial charge in [-0.2, -0.15) is 0 Å². The molecule has 0 aromatic rings. The molecule has 0 radical (unpaired) electrons. The molecular weight excluding hydrogens is 244 g/mol. The van der Waals surface area contributed by atoms with Gasteiger partial charge < -0.3 is 5.32 Å². The van der Waals surface area contributed by atoms with Gasteiger partial charge in [0.2, 0.25) is 0 Å². The van der Waals surface area contributed by atoms with Gasteiger partial charge >= 0.3 is 0 Å². The minimum atomic E-state index is 0.355. The maximum Gasteiger partial charge on any atom is 0.0278 e. The average Bonchev–Trinajstić information content (AvgIpc) is 3.27. The highest BCUT2D eigenvalue weighted by Crippen LogP contribution is 2.37. The first-order chi connectivity index (χ1) is 9.68. The van der Waals surface area contributed by atoms with Crippen LogP contribution in [0, 0.1) is 5.92 Å². The Morgan fingerprint density at radius 2 is 1.75 bits per heavy atom. The zero-order valence-electron chi connectivity index (χ0n) is 14.1. The summed E-state index contributed by atoms with van der Waals surface area (Å²) in [6.07, 6.45) is 12.7. The van der Waals surface area contributed by atoms with E-state index in [0.29, 0.717) is 5.54 Å². The van der Waals surface area contributed by atoms with Gasteiger partial charge in [0.1, 0.15) is 0 Å². The number of unbranched alkanes of at least 4 members (excludes halogenated alkanes) is 5. The van der Waals surface area contributed by atoms with Gasteiger partial charge in [0, 0.05) is 24.7 Å². The SMILES string of the molecule is CCCCCCCCN1CC(C)(CC)NCC1C1CC1. The molecule has 1 aliphatic heterocycles. The lowest BCUT2D eigenvalue weighted by Gasteiger charge is -2.46. The standard InChI is InChI=1S/C18H36N2/c1-4-6-7-8-9-10-13-20-15-18(3,5-2)19-14-17(20)16-11-12-16/h16-17,19H,4-15H2,1-3H3. The van der Waals surface area contributed by atoms with Crippen molar-refractivity contribution in [2.75, 3.05) is 19.6 Å². The summed E-state index contributed by atoms with van der Waals surface area (Å²) in [5.41, 5.74) is 0.355. The van der Waals surface area contributed by atoms with Crippen molar-refractivity contribution in [1.29, 1.82) is 0 Å². The van der Waals surface area contributed by atoms with E-state index in [2.05, 4.69) is 31.0 Å². The maximum atomic E-state index is 3.82. The van der Waals surface area contributed by atoms with Crippen molar-refractivity contribution >= 4 is 0 Å². The molecule has 2 fully saturated rings. The van der Waals surface area contributed by atoms with Crippen molar-refractivity contribution in [3.63, 3.8) is 0 Å². The van der Waals surface area contributed by atoms with Gasteiger partial charge in [0.15, 0.2) is 0 Å². The third-order valence-electron chi connectivity index (χ3n) is 5.50. The third-order valence-corrected chi connectivity index (χ3v) is 5.50. The first-order valence-corrected chi connectivity index (χ1v) is 9.17. The molecule has 0 aromatic carbocycles. The Bertz CT molecular complexity index is 275. The van der Waals surface area contributed by atoms with Crippen LogP contribution >= 0.6 is 0 Å². The lowest BCUT2D eigenvalue weighted by molar-refractivity contribution is 0.0711. The second-order valence-electron chi connectivity index (χ2n) is 7.44. The van der Waals surface area contributed by atoms with Gasteiger partial charge in [-0.1, -0.05) is 46.0 Å². The average molecular weight is 281 g/mol. The van der Waals surface area contributed by atoms with E-state index in [0.717, 1.165) is 12.0 Å². The Hall–Kier alpha value is -0.0800. The summed E-state index contributed by atoms with van der Waals surface area (Å²) in [6.45, 7) is 10.9. The second-order valence-corrected chi connectivity index (χ2v) is 7.44. The number of rotatable bonds is 9. The number of hydrogen-bond donors (Lipinski definition) is 1. The monoisotopic (exact) mass is 280 g/mol. The van der Waals surface area contributed by atoms with Crippen LogP contribution in [0.3, 0.4) is 0 Å². The molecule has 1 aliphatic carbocycles. The predicted octanol–water partition coefficient (Wildman–Crippen LogP) is 4.20. The van der Waals surface area contributed by atoms with E-state index in [4.69, 9.17) is 0 Å². The topological polar surface area (TPSA) is 15.3 Å². The molecule has 2 nitrogen and oxygen atoms in total. The van der Waals surface area contributed by atoms with E-state index in [1.165, 1.54) is 77.4 Å². The highest BCUT2D eigenvalue weighted by molar-refractivity contribution is 4.99. The summed E-state index contributed by atoms with van der Waals surface area (Å²) in [4.78, 5) is 2.83. The highest BCUT2D eigenvalue weighted by Gasteiger charge is 2.41. The Morgan fingerprint density at radius 1 is 1.05 bits per heavy atom. The molecule has 0 amide bonds. The van der Waals surface area contributed by atoms with Crippen molar-refractivity contribution in [3.05, 3.63) is 0 Å². The lowest BCUT2D eigenvalue weighted by atomic mass is 9.92. The van der Waals surface area contributed by atoms with Crippen molar-refractivity contribution in [2.45, 2.75) is 90.1 Å². The predicted molar refractivity (Wildman–Crippen MR) is 88.2 cm³/mol. The first kappa shape index (κ1) is 16.3. The Balaban J connectivity index is 1.72. The van der Waals surface area contributed by atoms with Gasteiger partial charge in [-0.3, -0.25) is 4.90 Å². The van der Waals surface area contributed by atoms with E-state index >= 15 is 0 Å². The summed E-state index contributed by atoms with van der Waals surface area (Å²) in [6, 6.07) is 0.838. The first-order valence-electron chi connectivity index (χ1n) is 9.17. The van der Waals surface area contributed by atoms with E-state index < -0.39 is 0 Å². The molecule has 1 saturated heterocycles. The van der Waals surface area contributed by atoms with Crippen LogP contribution in [-0.4, -0.2) is 36.1 Å². The van der Waals surface area contributed by atoms with Gasteiger partial charge in [0.05, 0.1) is 0 Å². The number of hydrogen-bond acceptors (Lipinski definition) is 2. The molecule has 118 valence electrons. The van der Waals surface area contributed by atoms with Gasteiger partial charge in [-0.15, -0.1) is 0 Å². The molecule has 1 heterocycles. The molecular formula is C18H36N2. The Morgan fingerprint density at radius 3 is 2.40 bits per heavy atom. The quantitative estimate of drug-likeness (QED) is 0.637. The number of piperazine rings is 1. The fourth-order valence-corrected chi connectivity index (χ4v) is 3.62. The molecule has 20 heavy (non-hydrogen) atoms. The fraction of sp³-hybridized carbons (Fsp3) is 1.00. The maximum absolute atomic E-state index is 3.82. The van der Waals surface area contributed by atoms with Crippen LogP contribution in [0.4, 0.5) is 0 Å². The van der Waals surface area contributed by atoms with Gasteiger partial charge in [-0.25, -0.2) is 0 Å². The molecule has 0 aromatic heterocycles. The molecule has 0 spiro atoms. The third kappa shape index (κ3) is 4.73. The minimum Gasteiger partial charge on any atom is -0.309 e. The number of nitrogens with one attached hydrogen (secondary N) is 1. The van der Waals surface area contributed by atoms with Crippen molar-refractivity contribution < 1.29 is 0 Å². The van der Waals surface area contributed by atoms with Gasteiger partial charge in [0.25, 0.3) is 0 Å². The molecule has 2 aliphatic rings. The van der Waals surface area contributed by atoms with Crippen LogP contribution in [0.2, 0.25) is 0 Å². The molecule has 1 saturated carbocycles. The van der Waals surface area contributed by atoms with Crippen LogP contribution < -0.4 is 5.32 Å². The molecule has 0 bridgehead atoms. The normalized spacial score (nSPS) is 31.6. The van der Waals surface area contributed by atoms with Crippen LogP contribution in [0.1, 0.15) is 78.6 Å². The van der Waals surface area contributed by atoms with Crippen LogP contribution in [0.15, 0.2) is 0 Å². The van der Waals surface area contributed by atoms with Gasteiger partial charge in [-0.05, 0) is 45.1 Å². The zero-order valence-corrected chi connectivity index (χ0v) is 14.1. The van der Waals surface area contributed by atoms with E-state index in [1.807, 2.05) is 0 Å². The Labute approximate surface area is 126 Å². The zero-order chi connectivity index (χ0) is 14.4. The van der Waals surface area contributed by atoms with Crippen LogP contribution in [0.25, 0.3) is 0 Å². The van der Waals surface area contributed by atoms with Crippen LogP contribution in [-0.2, 0) is 0 Å². The summed E-state index contributed by atoms with van der Waals surface area (Å²) in [7, 11) is 0. The fourth-order valence-electron chi connectivity index (χ4n) is 3.62. The smallest absolute Gasteiger partial charge is 0.0278 e.